The van der Waals surface area contributed by atoms with Crippen molar-refractivity contribution in [2.45, 2.75) is 20.0 Å². The van der Waals surface area contributed by atoms with Gasteiger partial charge in [-0.2, -0.15) is 5.10 Å². The standard InChI is InChI=1S/C19H27N7O/c1-3-20-19(23-13-17-8-9-24-25(17)2)22-12-15-4-6-16(7-5-15)26-11-10-21-18(27)14-26/h4-9H,3,10-14H2,1-2H3,(H,21,27)(H2,20,22,23). The van der Waals surface area contributed by atoms with Crippen LogP contribution in [0.4, 0.5) is 5.69 Å². The number of rotatable bonds is 6. The molecule has 0 radical (unpaired) electrons. The minimum Gasteiger partial charge on any atom is -0.360 e. The third-order valence-corrected chi connectivity index (χ3v) is 4.46. The van der Waals surface area contributed by atoms with Gasteiger partial charge in [-0.3, -0.25) is 9.48 Å². The van der Waals surface area contributed by atoms with Gasteiger partial charge < -0.3 is 20.9 Å². The van der Waals surface area contributed by atoms with Crippen molar-refractivity contribution in [2.75, 3.05) is 31.1 Å². The summed E-state index contributed by atoms with van der Waals surface area (Å²) in [7, 11) is 1.93. The number of piperazine rings is 1. The smallest absolute Gasteiger partial charge is 0.239 e. The molecule has 1 aliphatic rings. The number of carbonyl (C=O) groups excluding carboxylic acids is 1. The van der Waals surface area contributed by atoms with Crippen LogP contribution in [0.3, 0.4) is 0 Å². The Balaban J connectivity index is 1.58. The van der Waals surface area contributed by atoms with Gasteiger partial charge in [0.2, 0.25) is 5.91 Å². The van der Waals surface area contributed by atoms with Gasteiger partial charge in [0.05, 0.1) is 25.3 Å². The fraction of sp³-hybridized carbons (Fsp3) is 0.421. The lowest BCUT2D eigenvalue weighted by Crippen LogP contribution is -2.47. The predicted molar refractivity (Wildman–Crippen MR) is 107 cm³/mol. The molecule has 1 aromatic carbocycles. The number of hydrogen-bond acceptors (Lipinski definition) is 4. The molecular formula is C19H27N7O. The highest BCUT2D eigenvalue weighted by Crippen LogP contribution is 2.16. The van der Waals surface area contributed by atoms with Gasteiger partial charge in [0.25, 0.3) is 0 Å². The van der Waals surface area contributed by atoms with Gasteiger partial charge in [-0.15, -0.1) is 0 Å². The summed E-state index contributed by atoms with van der Waals surface area (Å²) in [6.07, 6.45) is 1.79. The molecule has 2 aromatic rings. The number of benzene rings is 1. The molecule has 0 aliphatic carbocycles. The van der Waals surface area contributed by atoms with E-state index in [0.29, 0.717) is 26.2 Å². The van der Waals surface area contributed by atoms with Gasteiger partial charge in [-0.05, 0) is 30.7 Å². The van der Waals surface area contributed by atoms with E-state index in [-0.39, 0.29) is 5.91 Å². The molecular weight excluding hydrogens is 342 g/mol. The van der Waals surface area contributed by atoms with Crippen LogP contribution < -0.4 is 20.9 Å². The number of aliphatic imine (C=N–C) groups is 1. The summed E-state index contributed by atoms with van der Waals surface area (Å²) in [6.45, 7) is 6.04. The third-order valence-electron chi connectivity index (χ3n) is 4.46. The molecule has 144 valence electrons. The highest BCUT2D eigenvalue weighted by atomic mass is 16.2. The van der Waals surface area contributed by atoms with Gasteiger partial charge >= 0.3 is 0 Å². The molecule has 3 rings (SSSR count). The number of nitrogens with zero attached hydrogens (tertiary/aromatic N) is 4. The molecule has 0 unspecified atom stereocenters. The lowest BCUT2D eigenvalue weighted by Gasteiger charge is -2.28. The first-order chi connectivity index (χ1) is 13.2. The quantitative estimate of drug-likeness (QED) is 0.513. The van der Waals surface area contributed by atoms with Crippen molar-refractivity contribution in [1.29, 1.82) is 0 Å². The van der Waals surface area contributed by atoms with Gasteiger partial charge in [0.1, 0.15) is 0 Å². The van der Waals surface area contributed by atoms with Crippen LogP contribution in [0, 0.1) is 0 Å². The minimum atomic E-state index is 0.0738. The van der Waals surface area contributed by atoms with E-state index >= 15 is 0 Å². The molecule has 1 aliphatic heterocycles. The van der Waals surface area contributed by atoms with Crippen molar-refractivity contribution in [2.24, 2.45) is 12.0 Å². The van der Waals surface area contributed by atoms with E-state index in [0.717, 1.165) is 36.0 Å². The normalized spacial score (nSPS) is 14.8. The monoisotopic (exact) mass is 369 g/mol. The van der Waals surface area contributed by atoms with Crippen molar-refractivity contribution in [3.8, 4) is 0 Å². The average Bonchev–Trinajstić information content (AvgIpc) is 3.09. The number of nitrogens with one attached hydrogen (secondary N) is 3. The van der Waals surface area contributed by atoms with Crippen LogP contribution in [0.15, 0.2) is 41.5 Å². The van der Waals surface area contributed by atoms with E-state index in [9.17, 15) is 4.79 Å². The molecule has 1 amide bonds. The summed E-state index contributed by atoms with van der Waals surface area (Å²) in [4.78, 5) is 18.3. The van der Waals surface area contributed by atoms with Gasteiger partial charge in [-0.25, -0.2) is 4.99 Å². The Morgan fingerprint density at radius 1 is 1.26 bits per heavy atom. The zero-order valence-electron chi connectivity index (χ0n) is 15.9. The Bertz CT molecular complexity index is 782. The first-order valence-electron chi connectivity index (χ1n) is 9.25. The second-order valence-electron chi connectivity index (χ2n) is 6.43. The summed E-state index contributed by atoms with van der Waals surface area (Å²) in [5.74, 6) is 0.847. The first-order valence-corrected chi connectivity index (χ1v) is 9.25. The van der Waals surface area contributed by atoms with Crippen LogP contribution in [0.5, 0.6) is 0 Å². The summed E-state index contributed by atoms with van der Waals surface area (Å²) < 4.78 is 1.84. The molecule has 0 spiro atoms. The first kappa shape index (κ1) is 18.8. The molecule has 8 heteroatoms. The van der Waals surface area contributed by atoms with Crippen LogP contribution >= 0.6 is 0 Å². The SMILES string of the molecule is CCNC(=NCc1ccc(N2CCNC(=O)C2)cc1)NCc1ccnn1C. The van der Waals surface area contributed by atoms with E-state index in [1.807, 2.05) is 24.7 Å². The van der Waals surface area contributed by atoms with Gasteiger partial charge in [0.15, 0.2) is 5.96 Å². The predicted octanol–water partition coefficient (Wildman–Crippen LogP) is 0.612. The lowest BCUT2D eigenvalue weighted by atomic mass is 10.2. The summed E-state index contributed by atoms with van der Waals surface area (Å²) in [5.41, 5.74) is 3.28. The lowest BCUT2D eigenvalue weighted by molar-refractivity contribution is -0.120. The second-order valence-corrected chi connectivity index (χ2v) is 6.43. The maximum absolute atomic E-state index is 11.5. The fourth-order valence-corrected chi connectivity index (χ4v) is 2.93. The van der Waals surface area contributed by atoms with E-state index in [1.165, 1.54) is 0 Å². The zero-order chi connectivity index (χ0) is 19.1. The summed E-state index contributed by atoms with van der Waals surface area (Å²) in [6, 6.07) is 10.2. The number of aryl methyl sites for hydroxylation is 1. The van der Waals surface area contributed by atoms with Gasteiger partial charge in [0, 0.05) is 38.6 Å². The summed E-state index contributed by atoms with van der Waals surface area (Å²) >= 11 is 0. The van der Waals surface area contributed by atoms with Crippen LogP contribution in [-0.2, 0) is 24.9 Å². The minimum absolute atomic E-state index is 0.0738. The Labute approximate surface area is 159 Å². The number of carbonyl (C=O) groups is 1. The number of guanidine groups is 1. The number of anilines is 1. The number of hydrogen-bond donors (Lipinski definition) is 3. The van der Waals surface area contributed by atoms with E-state index in [1.54, 1.807) is 6.20 Å². The van der Waals surface area contributed by atoms with Crippen LogP contribution in [0.1, 0.15) is 18.2 Å². The molecule has 3 N–H and O–H groups in total. The molecule has 0 saturated carbocycles. The molecule has 1 saturated heterocycles. The van der Waals surface area contributed by atoms with Crippen LogP contribution in [0.2, 0.25) is 0 Å². The van der Waals surface area contributed by atoms with Crippen molar-refractivity contribution in [1.82, 2.24) is 25.7 Å². The maximum atomic E-state index is 11.5. The fourth-order valence-electron chi connectivity index (χ4n) is 2.93. The van der Waals surface area contributed by atoms with Crippen molar-refractivity contribution in [3.05, 3.63) is 47.8 Å². The Kier molecular flexibility index (Phi) is 6.30. The summed E-state index contributed by atoms with van der Waals surface area (Å²) in [5, 5.41) is 13.6. The second kappa shape index (κ2) is 9.07. The largest absolute Gasteiger partial charge is 0.360 e. The van der Waals surface area contributed by atoms with Crippen molar-refractivity contribution < 1.29 is 4.79 Å². The topological polar surface area (TPSA) is 86.6 Å². The van der Waals surface area contributed by atoms with Crippen LogP contribution in [-0.4, -0.2) is 47.8 Å². The molecule has 0 bridgehead atoms. The molecule has 1 fully saturated rings. The molecule has 8 nitrogen and oxygen atoms in total. The molecule has 2 heterocycles. The molecule has 0 atom stereocenters. The maximum Gasteiger partial charge on any atom is 0.239 e. The van der Waals surface area contributed by atoms with Crippen molar-refractivity contribution in [3.63, 3.8) is 0 Å². The van der Waals surface area contributed by atoms with E-state index in [2.05, 4.69) is 55.2 Å². The Hall–Kier alpha value is -3.03. The number of aromatic nitrogens is 2. The van der Waals surface area contributed by atoms with Crippen LogP contribution in [0.25, 0.3) is 0 Å². The third kappa shape index (κ3) is 5.22. The highest BCUT2D eigenvalue weighted by Gasteiger charge is 2.16. The Morgan fingerprint density at radius 3 is 2.74 bits per heavy atom. The van der Waals surface area contributed by atoms with Gasteiger partial charge in [-0.1, -0.05) is 12.1 Å². The zero-order valence-corrected chi connectivity index (χ0v) is 15.9. The number of amides is 1. The van der Waals surface area contributed by atoms with Crippen molar-refractivity contribution >= 4 is 17.6 Å². The molecule has 1 aromatic heterocycles. The van der Waals surface area contributed by atoms with E-state index in [4.69, 9.17) is 0 Å². The average molecular weight is 369 g/mol. The highest BCUT2D eigenvalue weighted by molar-refractivity contribution is 5.82. The van der Waals surface area contributed by atoms with E-state index < -0.39 is 0 Å². The molecule has 27 heavy (non-hydrogen) atoms. The Morgan fingerprint density at radius 2 is 2.07 bits per heavy atom.